The van der Waals surface area contributed by atoms with Crippen LogP contribution in [0.2, 0.25) is 0 Å². The molecule has 3 rings (SSSR count). The lowest BCUT2D eigenvalue weighted by Gasteiger charge is -2.16. The lowest BCUT2D eigenvalue weighted by Crippen LogP contribution is -2.27. The molecule has 0 saturated carbocycles. The van der Waals surface area contributed by atoms with Gasteiger partial charge in [-0.25, -0.2) is 9.37 Å². The van der Waals surface area contributed by atoms with Crippen molar-refractivity contribution in [3.05, 3.63) is 66.0 Å². The summed E-state index contributed by atoms with van der Waals surface area (Å²) in [6.45, 7) is 0.550. The minimum atomic E-state index is -0.367. The van der Waals surface area contributed by atoms with Crippen molar-refractivity contribution in [3.63, 3.8) is 0 Å². The molecule has 3 aromatic rings. The van der Waals surface area contributed by atoms with E-state index in [9.17, 15) is 9.18 Å². The Morgan fingerprint density at radius 1 is 1.16 bits per heavy atom. The molecule has 1 aromatic heterocycles. The van der Waals surface area contributed by atoms with E-state index in [0.29, 0.717) is 23.1 Å². The molecular formula is C18H17FN4OS. The molecule has 25 heavy (non-hydrogen) atoms. The van der Waals surface area contributed by atoms with E-state index in [-0.39, 0.29) is 17.5 Å². The van der Waals surface area contributed by atoms with Crippen LogP contribution in [0.3, 0.4) is 0 Å². The van der Waals surface area contributed by atoms with Gasteiger partial charge in [-0.05, 0) is 17.7 Å². The Morgan fingerprint density at radius 2 is 1.88 bits per heavy atom. The highest BCUT2D eigenvalue weighted by Gasteiger charge is 2.14. The lowest BCUT2D eigenvalue weighted by molar-refractivity contribution is -0.127. The Bertz CT molecular complexity index is 853. The van der Waals surface area contributed by atoms with Crippen molar-refractivity contribution in [2.75, 3.05) is 12.8 Å². The Balaban J connectivity index is 1.57. The number of H-pyrrole nitrogens is 1. The van der Waals surface area contributed by atoms with Gasteiger partial charge in [0.05, 0.1) is 11.3 Å². The summed E-state index contributed by atoms with van der Waals surface area (Å²) in [6.07, 6.45) is 0. The van der Waals surface area contributed by atoms with E-state index in [1.807, 2.05) is 30.3 Å². The normalized spacial score (nSPS) is 10.6. The summed E-state index contributed by atoms with van der Waals surface area (Å²) < 4.78 is 13.8. The fraction of sp³-hybridized carbons (Fsp3) is 0.167. The number of hydrogen-bond donors (Lipinski definition) is 1. The van der Waals surface area contributed by atoms with E-state index in [2.05, 4.69) is 15.2 Å². The van der Waals surface area contributed by atoms with Crippen LogP contribution in [0.25, 0.3) is 11.4 Å². The molecule has 0 spiro atoms. The molecule has 1 amide bonds. The molecule has 0 bridgehead atoms. The van der Waals surface area contributed by atoms with Gasteiger partial charge in [0.15, 0.2) is 5.82 Å². The van der Waals surface area contributed by atoms with Crippen molar-refractivity contribution in [1.29, 1.82) is 0 Å². The summed E-state index contributed by atoms with van der Waals surface area (Å²) in [7, 11) is 1.76. The van der Waals surface area contributed by atoms with Crippen LogP contribution in [0.4, 0.5) is 4.39 Å². The van der Waals surface area contributed by atoms with Crippen LogP contribution in [0.5, 0.6) is 0 Å². The number of halogens is 1. The third kappa shape index (κ3) is 4.45. The predicted molar refractivity (Wildman–Crippen MR) is 95.4 cm³/mol. The van der Waals surface area contributed by atoms with E-state index in [0.717, 1.165) is 5.56 Å². The molecule has 1 N–H and O–H groups in total. The van der Waals surface area contributed by atoms with E-state index in [1.165, 1.54) is 17.8 Å². The molecule has 128 valence electrons. The van der Waals surface area contributed by atoms with Gasteiger partial charge in [0.1, 0.15) is 5.82 Å². The number of thioether (sulfide) groups is 1. The van der Waals surface area contributed by atoms with Gasteiger partial charge in [0.2, 0.25) is 11.1 Å². The summed E-state index contributed by atoms with van der Waals surface area (Å²) in [6, 6.07) is 16.1. The topological polar surface area (TPSA) is 61.9 Å². The van der Waals surface area contributed by atoms with Crippen molar-refractivity contribution >= 4 is 17.7 Å². The van der Waals surface area contributed by atoms with Crippen LogP contribution < -0.4 is 0 Å². The molecule has 0 unspecified atom stereocenters. The van der Waals surface area contributed by atoms with Gasteiger partial charge < -0.3 is 4.90 Å². The molecule has 0 saturated heterocycles. The Morgan fingerprint density at radius 3 is 2.64 bits per heavy atom. The number of amides is 1. The second kappa shape index (κ2) is 7.94. The third-order valence-electron chi connectivity index (χ3n) is 3.61. The molecule has 0 aliphatic heterocycles. The second-order valence-electron chi connectivity index (χ2n) is 5.47. The van der Waals surface area contributed by atoms with Crippen LogP contribution >= 0.6 is 11.8 Å². The van der Waals surface area contributed by atoms with Crippen LogP contribution in [-0.4, -0.2) is 38.8 Å². The number of carbonyl (C=O) groups is 1. The molecule has 2 aromatic carbocycles. The zero-order valence-electron chi connectivity index (χ0n) is 13.6. The first-order valence-corrected chi connectivity index (χ1v) is 8.70. The summed E-state index contributed by atoms with van der Waals surface area (Å²) in [5, 5.41) is 7.16. The first-order valence-electron chi connectivity index (χ1n) is 7.71. The van der Waals surface area contributed by atoms with Crippen molar-refractivity contribution in [3.8, 4) is 11.4 Å². The van der Waals surface area contributed by atoms with Crippen LogP contribution in [0.1, 0.15) is 5.56 Å². The maximum atomic E-state index is 13.8. The van der Waals surface area contributed by atoms with E-state index in [4.69, 9.17) is 0 Å². The predicted octanol–water partition coefficient (Wildman–Crippen LogP) is 3.36. The summed E-state index contributed by atoms with van der Waals surface area (Å²) in [5.41, 5.74) is 1.43. The van der Waals surface area contributed by atoms with Crippen LogP contribution in [-0.2, 0) is 11.3 Å². The first-order chi connectivity index (χ1) is 12.1. The highest BCUT2D eigenvalue weighted by atomic mass is 32.2. The summed E-state index contributed by atoms with van der Waals surface area (Å²) in [5.74, 6) is 0.184. The number of carbonyl (C=O) groups excluding carboxylic acids is 1. The first kappa shape index (κ1) is 17.2. The third-order valence-corrected chi connectivity index (χ3v) is 4.44. The lowest BCUT2D eigenvalue weighted by atomic mass is 10.2. The van der Waals surface area contributed by atoms with Gasteiger partial charge in [0, 0.05) is 13.6 Å². The quantitative estimate of drug-likeness (QED) is 0.688. The smallest absolute Gasteiger partial charge is 0.233 e. The van der Waals surface area contributed by atoms with Crippen molar-refractivity contribution in [2.24, 2.45) is 0 Å². The zero-order chi connectivity index (χ0) is 17.6. The highest BCUT2D eigenvalue weighted by molar-refractivity contribution is 7.99. The molecule has 5 nitrogen and oxygen atoms in total. The average Bonchev–Trinajstić information content (AvgIpc) is 3.09. The molecule has 0 atom stereocenters. The SMILES string of the molecule is CN(Cc1ccccc1)C(=O)CSc1n[nH]c(-c2ccccc2F)n1. The van der Waals surface area contributed by atoms with Crippen molar-refractivity contribution in [2.45, 2.75) is 11.7 Å². The van der Waals surface area contributed by atoms with Crippen LogP contribution in [0.15, 0.2) is 59.8 Å². The standard InChI is InChI=1S/C18H17FN4OS/c1-23(11-13-7-3-2-4-8-13)16(24)12-25-18-20-17(21-22-18)14-9-5-6-10-15(14)19/h2-10H,11-12H2,1H3,(H,20,21,22). The molecule has 1 heterocycles. The van der Waals surface area contributed by atoms with Gasteiger partial charge >= 0.3 is 0 Å². The second-order valence-corrected chi connectivity index (χ2v) is 6.41. The molecule has 7 heteroatoms. The van der Waals surface area contributed by atoms with E-state index in [1.54, 1.807) is 30.1 Å². The molecule has 0 aliphatic carbocycles. The summed E-state index contributed by atoms with van der Waals surface area (Å²) >= 11 is 1.22. The fourth-order valence-electron chi connectivity index (χ4n) is 2.27. The maximum absolute atomic E-state index is 13.8. The zero-order valence-corrected chi connectivity index (χ0v) is 14.5. The Hall–Kier alpha value is -2.67. The van der Waals surface area contributed by atoms with E-state index >= 15 is 0 Å². The number of benzene rings is 2. The molecule has 0 aliphatic rings. The highest BCUT2D eigenvalue weighted by Crippen LogP contribution is 2.21. The number of nitrogens with one attached hydrogen (secondary N) is 1. The largest absolute Gasteiger partial charge is 0.341 e. The fourth-order valence-corrected chi connectivity index (χ4v) is 3.01. The van der Waals surface area contributed by atoms with Gasteiger partial charge in [-0.3, -0.25) is 9.89 Å². The molecule has 0 radical (unpaired) electrons. The summed E-state index contributed by atoms with van der Waals surface area (Å²) in [4.78, 5) is 18.1. The van der Waals surface area contributed by atoms with Crippen LogP contribution in [0, 0.1) is 5.82 Å². The molecular weight excluding hydrogens is 339 g/mol. The monoisotopic (exact) mass is 356 g/mol. The van der Waals surface area contributed by atoms with Crippen molar-refractivity contribution in [1.82, 2.24) is 20.1 Å². The minimum absolute atomic E-state index is 0.0221. The van der Waals surface area contributed by atoms with Crippen molar-refractivity contribution < 1.29 is 9.18 Å². The van der Waals surface area contributed by atoms with Gasteiger partial charge in [-0.2, -0.15) is 0 Å². The Labute approximate surface area is 149 Å². The molecule has 0 fully saturated rings. The number of nitrogens with zero attached hydrogens (tertiary/aromatic N) is 3. The van der Waals surface area contributed by atoms with Gasteiger partial charge in [-0.1, -0.05) is 54.2 Å². The van der Waals surface area contributed by atoms with Gasteiger partial charge in [0.25, 0.3) is 0 Å². The number of rotatable bonds is 6. The number of aromatic nitrogens is 3. The van der Waals surface area contributed by atoms with E-state index < -0.39 is 0 Å². The van der Waals surface area contributed by atoms with Gasteiger partial charge in [-0.15, -0.1) is 5.10 Å². The number of hydrogen-bond acceptors (Lipinski definition) is 4. The Kier molecular flexibility index (Phi) is 5.45. The average molecular weight is 356 g/mol. The maximum Gasteiger partial charge on any atom is 0.233 e. The minimum Gasteiger partial charge on any atom is -0.341 e. The number of aromatic amines is 1.